The van der Waals surface area contributed by atoms with Crippen LogP contribution in [-0.2, 0) is 0 Å². The Hall–Kier alpha value is -3.22. The molecule has 23 heavy (non-hydrogen) atoms. The van der Waals surface area contributed by atoms with E-state index in [-0.39, 0.29) is 11.4 Å². The smallest absolute Gasteiger partial charge is 0.272 e. The zero-order chi connectivity index (χ0) is 17.0. The van der Waals surface area contributed by atoms with Crippen molar-refractivity contribution in [1.82, 2.24) is 5.43 Å². The molecule has 118 valence electrons. The molecular formula is C16H15N3O4. The number of hydrogen-bond acceptors (Lipinski definition) is 5. The summed E-state index contributed by atoms with van der Waals surface area (Å²) >= 11 is 0. The van der Waals surface area contributed by atoms with Gasteiger partial charge in [-0.2, -0.15) is 5.10 Å². The van der Waals surface area contributed by atoms with Crippen LogP contribution in [0.2, 0.25) is 0 Å². The van der Waals surface area contributed by atoms with E-state index in [9.17, 15) is 20.0 Å². The van der Waals surface area contributed by atoms with E-state index in [0.29, 0.717) is 22.4 Å². The predicted octanol–water partition coefficient (Wildman–Crippen LogP) is 2.76. The van der Waals surface area contributed by atoms with E-state index in [1.165, 1.54) is 30.3 Å². The minimum Gasteiger partial charge on any atom is -0.508 e. The number of amides is 1. The fraction of sp³-hybridized carbons (Fsp3) is 0.125. The maximum atomic E-state index is 11.9. The van der Waals surface area contributed by atoms with E-state index in [1.54, 1.807) is 26.0 Å². The molecule has 0 radical (unpaired) electrons. The second-order valence-electron chi connectivity index (χ2n) is 4.94. The van der Waals surface area contributed by atoms with Crippen LogP contribution in [0.4, 0.5) is 5.69 Å². The van der Waals surface area contributed by atoms with Gasteiger partial charge in [-0.25, -0.2) is 5.43 Å². The van der Waals surface area contributed by atoms with Gasteiger partial charge < -0.3 is 5.11 Å². The quantitative estimate of drug-likeness (QED) is 0.514. The van der Waals surface area contributed by atoms with Gasteiger partial charge in [0.05, 0.1) is 10.6 Å². The van der Waals surface area contributed by atoms with Crippen LogP contribution >= 0.6 is 0 Å². The van der Waals surface area contributed by atoms with Crippen LogP contribution in [0.15, 0.2) is 47.6 Å². The summed E-state index contributed by atoms with van der Waals surface area (Å²) in [4.78, 5) is 22.4. The summed E-state index contributed by atoms with van der Waals surface area (Å²) in [5.74, 6) is -0.376. The normalized spacial score (nSPS) is 11.1. The van der Waals surface area contributed by atoms with Gasteiger partial charge in [-0.05, 0) is 38.1 Å². The van der Waals surface area contributed by atoms with Crippen LogP contribution < -0.4 is 5.43 Å². The number of hydrogen-bond donors (Lipinski definition) is 2. The highest BCUT2D eigenvalue weighted by molar-refractivity contribution is 6.01. The van der Waals surface area contributed by atoms with E-state index in [2.05, 4.69) is 10.5 Å². The number of nitro benzene ring substituents is 1. The van der Waals surface area contributed by atoms with Gasteiger partial charge in [0.25, 0.3) is 11.6 Å². The summed E-state index contributed by atoms with van der Waals surface area (Å²) in [5, 5.41) is 24.1. The number of phenols is 1. The molecule has 0 aromatic heterocycles. The molecular weight excluding hydrogens is 298 g/mol. The number of carbonyl (C=O) groups is 1. The first-order chi connectivity index (χ1) is 10.9. The van der Waals surface area contributed by atoms with Crippen molar-refractivity contribution in [2.24, 2.45) is 5.10 Å². The largest absolute Gasteiger partial charge is 0.508 e. The van der Waals surface area contributed by atoms with E-state index < -0.39 is 10.8 Å². The topological polar surface area (TPSA) is 105 Å². The number of aromatic hydroxyl groups is 1. The lowest BCUT2D eigenvalue weighted by Gasteiger charge is -2.04. The summed E-state index contributed by atoms with van der Waals surface area (Å²) < 4.78 is 0. The Morgan fingerprint density at radius 1 is 1.17 bits per heavy atom. The number of nitrogens with one attached hydrogen (secondary N) is 1. The second kappa shape index (κ2) is 6.69. The molecule has 0 aliphatic heterocycles. The average molecular weight is 313 g/mol. The summed E-state index contributed by atoms with van der Waals surface area (Å²) in [6.07, 6.45) is 0. The van der Waals surface area contributed by atoms with E-state index >= 15 is 0 Å². The SMILES string of the molecule is CC(=NNC(=O)c1ccc(O)cc1)c1ccc(C)c([N+](=O)[O-])c1. The molecule has 0 fully saturated rings. The molecule has 0 unspecified atom stereocenters. The highest BCUT2D eigenvalue weighted by Crippen LogP contribution is 2.19. The Bertz CT molecular complexity index is 782. The third-order valence-corrected chi connectivity index (χ3v) is 3.28. The number of nitrogens with zero attached hydrogens (tertiary/aromatic N) is 2. The van der Waals surface area contributed by atoms with Gasteiger partial charge in [0.1, 0.15) is 5.75 Å². The van der Waals surface area contributed by atoms with Crippen LogP contribution in [0.3, 0.4) is 0 Å². The standard InChI is InChI=1S/C16H15N3O4/c1-10-3-4-13(9-15(10)19(22)23)11(2)17-18-16(21)12-5-7-14(20)8-6-12/h3-9,20H,1-2H3,(H,18,21). The molecule has 1 amide bonds. The molecule has 2 aromatic rings. The van der Waals surface area contributed by atoms with Crippen LogP contribution in [0.25, 0.3) is 0 Å². The summed E-state index contributed by atoms with van der Waals surface area (Å²) in [6.45, 7) is 3.30. The van der Waals surface area contributed by atoms with Crippen molar-refractivity contribution in [3.05, 3.63) is 69.3 Å². The van der Waals surface area contributed by atoms with Crippen molar-refractivity contribution in [1.29, 1.82) is 0 Å². The number of phenolic OH excluding ortho intramolecular Hbond substituents is 1. The van der Waals surface area contributed by atoms with Crippen LogP contribution in [0.1, 0.15) is 28.4 Å². The zero-order valence-electron chi connectivity index (χ0n) is 12.6. The lowest BCUT2D eigenvalue weighted by atomic mass is 10.1. The maximum Gasteiger partial charge on any atom is 0.272 e. The lowest BCUT2D eigenvalue weighted by Crippen LogP contribution is -2.19. The summed E-state index contributed by atoms with van der Waals surface area (Å²) in [6, 6.07) is 10.5. The molecule has 0 aliphatic rings. The Morgan fingerprint density at radius 3 is 2.39 bits per heavy atom. The zero-order valence-corrected chi connectivity index (χ0v) is 12.6. The molecule has 0 saturated heterocycles. The van der Waals surface area contributed by atoms with Crippen molar-refractivity contribution < 1.29 is 14.8 Å². The van der Waals surface area contributed by atoms with Crippen molar-refractivity contribution in [3.63, 3.8) is 0 Å². The molecule has 0 saturated carbocycles. The average Bonchev–Trinajstić information content (AvgIpc) is 2.53. The van der Waals surface area contributed by atoms with E-state index in [4.69, 9.17) is 0 Å². The molecule has 7 nitrogen and oxygen atoms in total. The minimum atomic E-state index is -0.457. The first kappa shape index (κ1) is 16.2. The van der Waals surface area contributed by atoms with Gasteiger partial charge in [0.2, 0.25) is 0 Å². The van der Waals surface area contributed by atoms with Crippen molar-refractivity contribution >= 4 is 17.3 Å². The van der Waals surface area contributed by atoms with Gasteiger partial charge in [-0.1, -0.05) is 12.1 Å². The molecule has 0 aliphatic carbocycles. The fourth-order valence-electron chi connectivity index (χ4n) is 1.91. The molecule has 7 heteroatoms. The number of rotatable bonds is 4. The fourth-order valence-corrected chi connectivity index (χ4v) is 1.91. The Morgan fingerprint density at radius 2 is 1.78 bits per heavy atom. The number of nitro groups is 1. The third-order valence-electron chi connectivity index (χ3n) is 3.28. The van der Waals surface area contributed by atoms with Crippen LogP contribution in [0.5, 0.6) is 5.75 Å². The lowest BCUT2D eigenvalue weighted by molar-refractivity contribution is -0.385. The minimum absolute atomic E-state index is 0.00177. The summed E-state index contributed by atoms with van der Waals surface area (Å²) in [7, 11) is 0. The van der Waals surface area contributed by atoms with Gasteiger partial charge in [0, 0.05) is 22.8 Å². The number of hydrazone groups is 1. The second-order valence-corrected chi connectivity index (χ2v) is 4.94. The Balaban J connectivity index is 2.16. The molecule has 0 heterocycles. The molecule has 0 bridgehead atoms. The third kappa shape index (κ3) is 3.91. The first-order valence-corrected chi connectivity index (χ1v) is 6.77. The van der Waals surface area contributed by atoms with Crippen LogP contribution in [0, 0.1) is 17.0 Å². The van der Waals surface area contributed by atoms with E-state index in [0.717, 1.165) is 0 Å². The number of carbonyl (C=O) groups excluding carboxylic acids is 1. The van der Waals surface area contributed by atoms with Crippen LogP contribution in [-0.4, -0.2) is 21.6 Å². The molecule has 2 aromatic carbocycles. The Kier molecular flexibility index (Phi) is 4.70. The Labute approximate surface area is 132 Å². The summed E-state index contributed by atoms with van der Waals surface area (Å²) in [5.41, 5.74) is 4.27. The van der Waals surface area contributed by atoms with Gasteiger partial charge >= 0.3 is 0 Å². The molecule has 2 N–H and O–H groups in total. The van der Waals surface area contributed by atoms with Gasteiger partial charge in [-0.3, -0.25) is 14.9 Å². The highest BCUT2D eigenvalue weighted by atomic mass is 16.6. The molecule has 0 atom stereocenters. The number of benzene rings is 2. The van der Waals surface area contributed by atoms with Crippen molar-refractivity contribution in [3.8, 4) is 5.75 Å². The molecule has 2 rings (SSSR count). The first-order valence-electron chi connectivity index (χ1n) is 6.77. The van der Waals surface area contributed by atoms with Crippen molar-refractivity contribution in [2.75, 3.05) is 0 Å². The monoisotopic (exact) mass is 313 g/mol. The highest BCUT2D eigenvalue weighted by Gasteiger charge is 2.12. The van der Waals surface area contributed by atoms with E-state index in [1.807, 2.05) is 0 Å². The van der Waals surface area contributed by atoms with Gasteiger partial charge in [0.15, 0.2) is 0 Å². The molecule has 0 spiro atoms. The predicted molar refractivity (Wildman–Crippen MR) is 85.6 cm³/mol. The maximum absolute atomic E-state index is 11.9. The van der Waals surface area contributed by atoms with Crippen molar-refractivity contribution in [2.45, 2.75) is 13.8 Å². The number of aryl methyl sites for hydroxylation is 1. The van der Waals surface area contributed by atoms with Gasteiger partial charge in [-0.15, -0.1) is 0 Å².